The first-order chi connectivity index (χ1) is 9.10. The zero-order valence-electron chi connectivity index (χ0n) is 12.1. The standard InChI is InChI=1S/C15H22N4/c1-5-16-14(9-13-6-7-19(4)18-13)15-12(3)8-11(2)10-17-15/h6-8,10,14,16H,5,9H2,1-4H3. The molecule has 0 aliphatic carbocycles. The van der Waals surface area contributed by atoms with Crippen molar-refractivity contribution in [1.82, 2.24) is 20.1 Å². The van der Waals surface area contributed by atoms with Gasteiger partial charge in [-0.2, -0.15) is 5.10 Å². The van der Waals surface area contributed by atoms with Gasteiger partial charge in [0, 0.05) is 25.9 Å². The van der Waals surface area contributed by atoms with E-state index in [0.717, 1.165) is 24.4 Å². The first kappa shape index (κ1) is 13.7. The van der Waals surface area contributed by atoms with E-state index in [1.807, 2.05) is 24.1 Å². The molecule has 0 fully saturated rings. The van der Waals surface area contributed by atoms with Crippen LogP contribution in [0.3, 0.4) is 0 Å². The van der Waals surface area contributed by atoms with Crippen molar-refractivity contribution < 1.29 is 0 Å². The zero-order chi connectivity index (χ0) is 13.8. The van der Waals surface area contributed by atoms with Crippen LogP contribution in [0.2, 0.25) is 0 Å². The van der Waals surface area contributed by atoms with Crippen LogP contribution in [-0.4, -0.2) is 21.3 Å². The molecule has 0 bridgehead atoms. The number of pyridine rings is 1. The normalized spacial score (nSPS) is 12.6. The van der Waals surface area contributed by atoms with Crippen LogP contribution in [0.5, 0.6) is 0 Å². The van der Waals surface area contributed by atoms with Crippen LogP contribution in [0.25, 0.3) is 0 Å². The van der Waals surface area contributed by atoms with E-state index in [-0.39, 0.29) is 6.04 Å². The Morgan fingerprint density at radius 3 is 2.74 bits per heavy atom. The van der Waals surface area contributed by atoms with Gasteiger partial charge in [-0.05, 0) is 37.6 Å². The Morgan fingerprint density at radius 1 is 1.37 bits per heavy atom. The second kappa shape index (κ2) is 5.97. The van der Waals surface area contributed by atoms with E-state index in [1.54, 1.807) is 0 Å². The van der Waals surface area contributed by atoms with Crippen molar-refractivity contribution >= 4 is 0 Å². The van der Waals surface area contributed by atoms with E-state index in [1.165, 1.54) is 11.1 Å². The van der Waals surface area contributed by atoms with E-state index in [4.69, 9.17) is 0 Å². The van der Waals surface area contributed by atoms with Gasteiger partial charge in [-0.15, -0.1) is 0 Å². The molecule has 2 aromatic heterocycles. The van der Waals surface area contributed by atoms with Crippen LogP contribution >= 0.6 is 0 Å². The van der Waals surface area contributed by atoms with Gasteiger partial charge >= 0.3 is 0 Å². The summed E-state index contributed by atoms with van der Waals surface area (Å²) >= 11 is 0. The summed E-state index contributed by atoms with van der Waals surface area (Å²) < 4.78 is 1.84. The zero-order valence-corrected chi connectivity index (χ0v) is 12.1. The summed E-state index contributed by atoms with van der Waals surface area (Å²) in [6.45, 7) is 7.24. The molecule has 0 amide bonds. The highest BCUT2D eigenvalue weighted by Gasteiger charge is 2.16. The fourth-order valence-corrected chi connectivity index (χ4v) is 2.38. The van der Waals surface area contributed by atoms with Crippen molar-refractivity contribution in [1.29, 1.82) is 0 Å². The third kappa shape index (κ3) is 3.41. The average Bonchev–Trinajstić information content (AvgIpc) is 2.74. The smallest absolute Gasteiger partial charge is 0.0644 e. The molecule has 0 saturated carbocycles. The van der Waals surface area contributed by atoms with Crippen molar-refractivity contribution in [3.05, 3.63) is 47.0 Å². The third-order valence-electron chi connectivity index (χ3n) is 3.22. The fraction of sp³-hybridized carbons (Fsp3) is 0.467. The van der Waals surface area contributed by atoms with E-state index < -0.39 is 0 Å². The van der Waals surface area contributed by atoms with E-state index in [9.17, 15) is 0 Å². The summed E-state index contributed by atoms with van der Waals surface area (Å²) in [5.41, 5.74) is 4.66. The molecule has 19 heavy (non-hydrogen) atoms. The van der Waals surface area contributed by atoms with Crippen molar-refractivity contribution in [2.45, 2.75) is 33.2 Å². The minimum atomic E-state index is 0.223. The summed E-state index contributed by atoms with van der Waals surface area (Å²) in [6.07, 6.45) is 4.78. The van der Waals surface area contributed by atoms with Gasteiger partial charge in [-0.1, -0.05) is 13.0 Å². The molecule has 0 saturated heterocycles. The van der Waals surface area contributed by atoms with Crippen molar-refractivity contribution in [3.63, 3.8) is 0 Å². The molecule has 2 aromatic rings. The number of likely N-dealkylation sites (N-methyl/N-ethyl adjacent to an activating group) is 1. The molecule has 0 aliphatic rings. The second-order valence-corrected chi connectivity index (χ2v) is 5.01. The Kier molecular flexibility index (Phi) is 4.32. The Balaban J connectivity index is 2.23. The van der Waals surface area contributed by atoms with Gasteiger partial charge in [0.25, 0.3) is 0 Å². The summed E-state index contributed by atoms with van der Waals surface area (Å²) in [5, 5.41) is 7.96. The molecule has 2 heterocycles. The molecule has 0 radical (unpaired) electrons. The highest BCUT2D eigenvalue weighted by atomic mass is 15.2. The molecule has 0 spiro atoms. The van der Waals surface area contributed by atoms with Gasteiger partial charge < -0.3 is 5.32 Å². The maximum Gasteiger partial charge on any atom is 0.0644 e. The number of rotatable bonds is 5. The molecule has 1 atom stereocenters. The molecule has 0 aromatic carbocycles. The van der Waals surface area contributed by atoms with Gasteiger partial charge in [0.1, 0.15) is 0 Å². The first-order valence-corrected chi connectivity index (χ1v) is 6.75. The first-order valence-electron chi connectivity index (χ1n) is 6.75. The lowest BCUT2D eigenvalue weighted by Crippen LogP contribution is -2.25. The Labute approximate surface area is 114 Å². The molecular formula is C15H22N4. The lowest BCUT2D eigenvalue weighted by molar-refractivity contribution is 0.524. The topological polar surface area (TPSA) is 42.7 Å². The van der Waals surface area contributed by atoms with E-state index in [0.29, 0.717) is 0 Å². The number of aryl methyl sites for hydroxylation is 3. The minimum absolute atomic E-state index is 0.223. The van der Waals surface area contributed by atoms with Crippen molar-refractivity contribution in [2.75, 3.05) is 6.54 Å². The summed E-state index contributed by atoms with van der Waals surface area (Å²) in [5.74, 6) is 0. The van der Waals surface area contributed by atoms with Gasteiger partial charge in [-0.3, -0.25) is 9.67 Å². The molecule has 4 nitrogen and oxygen atoms in total. The average molecular weight is 258 g/mol. The van der Waals surface area contributed by atoms with Gasteiger partial charge in [-0.25, -0.2) is 0 Å². The summed E-state index contributed by atoms with van der Waals surface area (Å²) in [4.78, 5) is 4.60. The predicted octanol–water partition coefficient (Wildman–Crippen LogP) is 2.33. The van der Waals surface area contributed by atoms with E-state index in [2.05, 4.69) is 48.3 Å². The number of hydrogen-bond donors (Lipinski definition) is 1. The maximum absolute atomic E-state index is 4.60. The molecule has 0 aliphatic heterocycles. The lowest BCUT2D eigenvalue weighted by atomic mass is 10.0. The molecule has 1 N–H and O–H groups in total. The fourth-order valence-electron chi connectivity index (χ4n) is 2.38. The Bertz CT molecular complexity index is 545. The van der Waals surface area contributed by atoms with Crippen molar-refractivity contribution in [3.8, 4) is 0 Å². The summed E-state index contributed by atoms with van der Waals surface area (Å²) in [6, 6.07) is 4.47. The molecule has 102 valence electrons. The van der Waals surface area contributed by atoms with Crippen LogP contribution in [0.4, 0.5) is 0 Å². The van der Waals surface area contributed by atoms with E-state index >= 15 is 0 Å². The third-order valence-corrected chi connectivity index (χ3v) is 3.22. The van der Waals surface area contributed by atoms with Gasteiger partial charge in [0.15, 0.2) is 0 Å². The second-order valence-electron chi connectivity index (χ2n) is 5.01. The molecule has 4 heteroatoms. The quantitative estimate of drug-likeness (QED) is 0.895. The number of nitrogens with one attached hydrogen (secondary N) is 1. The predicted molar refractivity (Wildman–Crippen MR) is 77.0 cm³/mol. The van der Waals surface area contributed by atoms with Crippen LogP contribution in [0.1, 0.15) is 35.5 Å². The van der Waals surface area contributed by atoms with Gasteiger partial charge in [0.2, 0.25) is 0 Å². The Morgan fingerprint density at radius 2 is 2.16 bits per heavy atom. The van der Waals surface area contributed by atoms with Crippen LogP contribution in [0.15, 0.2) is 24.5 Å². The summed E-state index contributed by atoms with van der Waals surface area (Å²) in [7, 11) is 1.95. The molecular weight excluding hydrogens is 236 g/mol. The highest BCUT2D eigenvalue weighted by Crippen LogP contribution is 2.19. The van der Waals surface area contributed by atoms with Crippen LogP contribution in [0, 0.1) is 13.8 Å². The Hall–Kier alpha value is -1.68. The minimum Gasteiger partial charge on any atom is -0.309 e. The van der Waals surface area contributed by atoms with Gasteiger partial charge in [0.05, 0.1) is 17.4 Å². The number of nitrogens with zero attached hydrogens (tertiary/aromatic N) is 3. The number of hydrogen-bond acceptors (Lipinski definition) is 3. The number of aromatic nitrogens is 3. The highest BCUT2D eigenvalue weighted by molar-refractivity contribution is 5.26. The molecule has 2 rings (SSSR count). The lowest BCUT2D eigenvalue weighted by Gasteiger charge is -2.18. The van der Waals surface area contributed by atoms with Crippen LogP contribution < -0.4 is 5.32 Å². The largest absolute Gasteiger partial charge is 0.309 e. The maximum atomic E-state index is 4.60. The SMILES string of the molecule is CCNC(Cc1ccn(C)n1)c1ncc(C)cc1C. The molecule has 1 unspecified atom stereocenters. The van der Waals surface area contributed by atoms with Crippen molar-refractivity contribution in [2.24, 2.45) is 7.05 Å². The van der Waals surface area contributed by atoms with Crippen LogP contribution in [-0.2, 0) is 13.5 Å². The monoisotopic (exact) mass is 258 g/mol.